The van der Waals surface area contributed by atoms with Gasteiger partial charge in [0.1, 0.15) is 0 Å². The first-order valence-corrected chi connectivity index (χ1v) is 10.6. The van der Waals surface area contributed by atoms with Crippen molar-refractivity contribution in [2.24, 2.45) is 11.8 Å². The zero-order valence-corrected chi connectivity index (χ0v) is 17.3. The number of aliphatic hydroxyl groups excluding tert-OH is 3. The van der Waals surface area contributed by atoms with Gasteiger partial charge in [-0.25, -0.2) is 0 Å². The summed E-state index contributed by atoms with van der Waals surface area (Å²) < 4.78 is 0. The van der Waals surface area contributed by atoms with E-state index in [4.69, 9.17) is 0 Å². The molecule has 1 aliphatic carbocycles. The summed E-state index contributed by atoms with van der Waals surface area (Å²) in [6.45, 7) is 0. The summed E-state index contributed by atoms with van der Waals surface area (Å²) in [5.41, 5.74) is 1.19. The van der Waals surface area contributed by atoms with Crippen molar-refractivity contribution in [1.29, 1.82) is 0 Å². The molecule has 0 aliphatic heterocycles. The Bertz CT molecular complexity index is 658. The van der Waals surface area contributed by atoms with Crippen molar-refractivity contribution < 1.29 is 20.1 Å². The molecule has 0 radical (unpaired) electrons. The second-order valence-electron chi connectivity index (χ2n) is 7.86. The molecule has 160 valence electrons. The van der Waals surface area contributed by atoms with Crippen LogP contribution in [0.25, 0.3) is 0 Å². The van der Waals surface area contributed by atoms with E-state index in [0.717, 1.165) is 19.3 Å². The molecule has 5 atom stereocenters. The predicted molar refractivity (Wildman–Crippen MR) is 115 cm³/mol. The maximum Gasteiger partial charge on any atom is 0.219 e. The molecular weight excluding hydrogens is 366 g/mol. The van der Waals surface area contributed by atoms with Gasteiger partial charge in [0, 0.05) is 25.8 Å². The van der Waals surface area contributed by atoms with Crippen LogP contribution in [0.4, 0.5) is 0 Å². The van der Waals surface area contributed by atoms with Crippen molar-refractivity contribution in [3.8, 4) is 0 Å². The lowest BCUT2D eigenvalue weighted by Gasteiger charge is -2.19. The van der Waals surface area contributed by atoms with Gasteiger partial charge in [-0.3, -0.25) is 4.79 Å². The minimum Gasteiger partial charge on any atom is -0.393 e. The van der Waals surface area contributed by atoms with Crippen LogP contribution in [-0.2, 0) is 11.2 Å². The second-order valence-corrected chi connectivity index (χ2v) is 7.86. The molecule has 4 N–H and O–H groups in total. The Balaban J connectivity index is 1.80. The maximum atomic E-state index is 11.2. The highest BCUT2D eigenvalue weighted by molar-refractivity contribution is 5.75. The van der Waals surface area contributed by atoms with E-state index in [1.54, 1.807) is 13.1 Å². The number of aryl methyl sites for hydroxylation is 1. The van der Waals surface area contributed by atoms with Crippen LogP contribution in [0.1, 0.15) is 44.1 Å². The number of hydrogen-bond donors (Lipinski definition) is 4. The van der Waals surface area contributed by atoms with Crippen LogP contribution in [0.15, 0.2) is 54.6 Å². The largest absolute Gasteiger partial charge is 0.393 e. The fraction of sp³-hybridized carbons (Fsp3) is 0.542. The van der Waals surface area contributed by atoms with E-state index in [-0.39, 0.29) is 17.7 Å². The van der Waals surface area contributed by atoms with Crippen LogP contribution in [0.2, 0.25) is 0 Å². The number of rotatable bonds is 11. The average Bonchev–Trinajstić information content (AvgIpc) is 3.00. The number of carbonyl (C=O) groups is 1. The van der Waals surface area contributed by atoms with Crippen LogP contribution >= 0.6 is 0 Å². The molecule has 29 heavy (non-hydrogen) atoms. The standard InChI is InChI=1S/C24H35NO4/c1-25-24(29)12-8-3-2-7-11-20-21(23(28)17-22(20)27)16-15-19(26)14-13-18-9-5-4-6-10-18/h2,4-7,9-10,15-16,19-23,26-28H,3,8,11-14,17H2,1H3,(H,25,29)/t19-,20+,21+,22-,23+/m0/s1. The normalized spacial score (nSPS) is 25.7. The highest BCUT2D eigenvalue weighted by Gasteiger charge is 2.39. The Kier molecular flexibility index (Phi) is 10.1. The molecule has 0 spiro atoms. The third-order valence-electron chi connectivity index (χ3n) is 5.67. The Morgan fingerprint density at radius 3 is 2.69 bits per heavy atom. The number of nitrogens with one attached hydrogen (secondary N) is 1. The number of hydrogen-bond acceptors (Lipinski definition) is 4. The number of carbonyl (C=O) groups excluding carboxylic acids is 1. The van der Waals surface area contributed by atoms with E-state index in [1.807, 2.05) is 48.6 Å². The molecule has 0 bridgehead atoms. The van der Waals surface area contributed by atoms with Crippen LogP contribution in [-0.4, -0.2) is 46.6 Å². The van der Waals surface area contributed by atoms with E-state index in [2.05, 4.69) is 5.32 Å². The minimum absolute atomic E-state index is 0.0451. The Hall–Kier alpha value is -1.95. The van der Waals surface area contributed by atoms with Gasteiger partial charge in [-0.1, -0.05) is 54.6 Å². The summed E-state index contributed by atoms with van der Waals surface area (Å²) in [5, 5.41) is 33.5. The van der Waals surface area contributed by atoms with Crippen molar-refractivity contribution >= 4 is 5.91 Å². The summed E-state index contributed by atoms with van der Waals surface area (Å²) in [5.74, 6) is -0.173. The minimum atomic E-state index is -0.589. The molecular formula is C24H35NO4. The maximum absolute atomic E-state index is 11.2. The van der Waals surface area contributed by atoms with Crippen molar-refractivity contribution in [3.05, 3.63) is 60.2 Å². The summed E-state index contributed by atoms with van der Waals surface area (Å²) >= 11 is 0. The van der Waals surface area contributed by atoms with Gasteiger partial charge in [0.15, 0.2) is 0 Å². The van der Waals surface area contributed by atoms with Gasteiger partial charge in [-0.2, -0.15) is 0 Å². The highest BCUT2D eigenvalue weighted by Crippen LogP contribution is 2.36. The summed E-state index contributed by atoms with van der Waals surface area (Å²) in [7, 11) is 1.64. The molecule has 5 heteroatoms. The lowest BCUT2D eigenvalue weighted by molar-refractivity contribution is -0.120. The first kappa shape index (κ1) is 23.3. The fourth-order valence-corrected chi connectivity index (χ4v) is 3.90. The monoisotopic (exact) mass is 401 g/mol. The summed E-state index contributed by atoms with van der Waals surface area (Å²) in [6.07, 6.45) is 10.6. The van der Waals surface area contributed by atoms with Crippen LogP contribution in [0, 0.1) is 11.8 Å². The quantitative estimate of drug-likeness (QED) is 0.339. The number of amides is 1. The average molecular weight is 402 g/mol. The van der Waals surface area contributed by atoms with E-state index in [9.17, 15) is 20.1 Å². The van der Waals surface area contributed by atoms with Crippen LogP contribution in [0.5, 0.6) is 0 Å². The van der Waals surface area contributed by atoms with E-state index >= 15 is 0 Å². The fourth-order valence-electron chi connectivity index (χ4n) is 3.90. The summed E-state index contributed by atoms with van der Waals surface area (Å²) in [4.78, 5) is 11.2. The third kappa shape index (κ3) is 8.13. The molecule has 1 amide bonds. The molecule has 1 aromatic rings. The SMILES string of the molecule is CNC(=O)CCCC=CC[C@@H]1[C@@H](C=C[C@@H](O)CCc2ccccc2)[C@H](O)C[C@@H]1O. The zero-order valence-electron chi connectivity index (χ0n) is 17.3. The van der Waals surface area contributed by atoms with Gasteiger partial charge in [0.05, 0.1) is 18.3 Å². The first-order valence-electron chi connectivity index (χ1n) is 10.6. The van der Waals surface area contributed by atoms with Crippen molar-refractivity contribution in [1.82, 2.24) is 5.32 Å². The number of aliphatic hydroxyl groups is 3. The molecule has 1 fully saturated rings. The highest BCUT2D eigenvalue weighted by atomic mass is 16.3. The Morgan fingerprint density at radius 1 is 1.21 bits per heavy atom. The lowest BCUT2D eigenvalue weighted by atomic mass is 9.89. The van der Waals surface area contributed by atoms with Crippen LogP contribution in [0.3, 0.4) is 0 Å². The van der Waals surface area contributed by atoms with Crippen molar-refractivity contribution in [2.75, 3.05) is 7.05 Å². The second kappa shape index (κ2) is 12.6. The molecule has 1 aromatic carbocycles. The van der Waals surface area contributed by atoms with Gasteiger partial charge < -0.3 is 20.6 Å². The van der Waals surface area contributed by atoms with Gasteiger partial charge >= 0.3 is 0 Å². The van der Waals surface area contributed by atoms with Crippen LogP contribution < -0.4 is 5.32 Å². The molecule has 5 nitrogen and oxygen atoms in total. The van der Waals surface area contributed by atoms with Gasteiger partial charge in [-0.15, -0.1) is 0 Å². The zero-order chi connectivity index (χ0) is 21.1. The molecule has 0 saturated heterocycles. The topological polar surface area (TPSA) is 89.8 Å². The van der Waals surface area contributed by atoms with E-state index < -0.39 is 18.3 Å². The molecule has 0 aromatic heterocycles. The third-order valence-corrected chi connectivity index (χ3v) is 5.67. The smallest absolute Gasteiger partial charge is 0.219 e. The van der Waals surface area contributed by atoms with E-state index in [1.165, 1.54) is 5.56 Å². The number of benzene rings is 1. The molecule has 2 rings (SSSR count). The number of allylic oxidation sites excluding steroid dienone is 2. The Labute approximate surface area is 174 Å². The van der Waals surface area contributed by atoms with Gasteiger partial charge in [0.25, 0.3) is 0 Å². The van der Waals surface area contributed by atoms with Gasteiger partial charge in [0.2, 0.25) is 5.91 Å². The Morgan fingerprint density at radius 2 is 1.97 bits per heavy atom. The first-order chi connectivity index (χ1) is 14.0. The summed E-state index contributed by atoms with van der Waals surface area (Å²) in [6, 6.07) is 10.0. The lowest BCUT2D eigenvalue weighted by Crippen LogP contribution is -2.20. The molecule has 1 saturated carbocycles. The molecule has 0 unspecified atom stereocenters. The number of unbranched alkanes of at least 4 members (excludes halogenated alkanes) is 1. The predicted octanol–water partition coefficient (Wildman–Crippen LogP) is 2.76. The van der Waals surface area contributed by atoms with Crippen molar-refractivity contribution in [2.45, 2.75) is 63.3 Å². The van der Waals surface area contributed by atoms with E-state index in [0.29, 0.717) is 25.7 Å². The van der Waals surface area contributed by atoms with Gasteiger partial charge in [-0.05, 0) is 43.6 Å². The van der Waals surface area contributed by atoms with Crippen molar-refractivity contribution in [3.63, 3.8) is 0 Å². The molecule has 1 aliphatic rings. The molecule has 0 heterocycles.